The maximum Gasteiger partial charge on any atom is 0.253 e. The summed E-state index contributed by atoms with van der Waals surface area (Å²) in [7, 11) is 0. The van der Waals surface area contributed by atoms with E-state index in [1.54, 1.807) is 17.4 Å². The normalized spacial score (nSPS) is 15.3. The number of hydrogen-bond donors (Lipinski definition) is 1. The van der Waals surface area contributed by atoms with Crippen molar-refractivity contribution >= 4 is 28.8 Å². The first-order valence-corrected chi connectivity index (χ1v) is 10.8. The average Bonchev–Trinajstić information content (AvgIpc) is 3.52. The highest BCUT2D eigenvalue weighted by molar-refractivity contribution is 6.03. The fourth-order valence-corrected chi connectivity index (χ4v) is 4.18. The van der Waals surface area contributed by atoms with Crippen LogP contribution in [0.2, 0.25) is 0 Å². The van der Waals surface area contributed by atoms with Crippen LogP contribution in [0.25, 0.3) is 11.0 Å². The molecule has 0 fully saturated rings. The number of nitrogens with zero attached hydrogens (tertiary/aromatic N) is 5. The van der Waals surface area contributed by atoms with Crippen LogP contribution in [0.4, 0.5) is 5.95 Å². The van der Waals surface area contributed by atoms with Crippen LogP contribution in [0.1, 0.15) is 24.4 Å². The lowest BCUT2D eigenvalue weighted by Crippen LogP contribution is -2.33. The van der Waals surface area contributed by atoms with Gasteiger partial charge in [0.25, 0.3) is 5.91 Å². The smallest absolute Gasteiger partial charge is 0.253 e. The molecule has 0 bridgehead atoms. The van der Waals surface area contributed by atoms with Crippen LogP contribution in [0.15, 0.2) is 73.3 Å². The molecule has 1 aliphatic rings. The Bertz CT molecular complexity index is 1230. The minimum atomic E-state index is -0.596. The Kier molecular flexibility index (Phi) is 5.41. The Morgan fingerprint density at radius 2 is 1.84 bits per heavy atom. The minimum absolute atomic E-state index is 0.0804. The number of para-hydroxylation sites is 2. The molecule has 32 heavy (non-hydrogen) atoms. The van der Waals surface area contributed by atoms with Gasteiger partial charge < -0.3 is 9.88 Å². The molecule has 3 heterocycles. The maximum atomic E-state index is 13.3. The Balaban J connectivity index is 1.34. The number of rotatable bonds is 8. The van der Waals surface area contributed by atoms with Gasteiger partial charge in [-0.05, 0) is 24.1 Å². The highest BCUT2D eigenvalue weighted by Gasteiger charge is 2.40. The van der Waals surface area contributed by atoms with Crippen LogP contribution in [0.5, 0.6) is 0 Å². The molecule has 0 spiro atoms. The van der Waals surface area contributed by atoms with E-state index in [9.17, 15) is 9.59 Å². The van der Waals surface area contributed by atoms with Crippen molar-refractivity contribution in [3.05, 3.63) is 78.9 Å². The van der Waals surface area contributed by atoms with Crippen LogP contribution in [-0.4, -0.2) is 37.5 Å². The van der Waals surface area contributed by atoms with E-state index in [0.29, 0.717) is 19.0 Å². The third kappa shape index (κ3) is 3.87. The Hall–Kier alpha value is -3.94. The van der Waals surface area contributed by atoms with E-state index < -0.39 is 6.04 Å². The number of benzene rings is 2. The summed E-state index contributed by atoms with van der Waals surface area (Å²) in [5.41, 5.74) is 2.71. The molecule has 162 valence electrons. The lowest BCUT2D eigenvalue weighted by Gasteiger charge is -2.16. The van der Waals surface area contributed by atoms with Gasteiger partial charge in [0.05, 0.1) is 23.8 Å². The number of hydrogen-bond acceptors (Lipinski definition) is 4. The second-order valence-electron chi connectivity index (χ2n) is 7.90. The highest BCUT2D eigenvalue weighted by Crippen LogP contribution is 2.36. The average molecular weight is 428 g/mol. The summed E-state index contributed by atoms with van der Waals surface area (Å²) in [5, 5.41) is 2.94. The predicted molar refractivity (Wildman–Crippen MR) is 121 cm³/mol. The summed E-state index contributed by atoms with van der Waals surface area (Å²) < 4.78 is 3.90. The molecule has 2 aromatic heterocycles. The molecular weight excluding hydrogens is 404 g/mol. The van der Waals surface area contributed by atoms with Crippen molar-refractivity contribution in [2.45, 2.75) is 32.0 Å². The van der Waals surface area contributed by atoms with Crippen LogP contribution in [-0.2, 0) is 22.7 Å². The summed E-state index contributed by atoms with van der Waals surface area (Å²) in [4.78, 5) is 36.6. The first-order chi connectivity index (χ1) is 15.7. The zero-order valence-electron chi connectivity index (χ0n) is 17.6. The topological polar surface area (TPSA) is 85.1 Å². The molecule has 2 amide bonds. The van der Waals surface area contributed by atoms with Crippen molar-refractivity contribution in [1.82, 2.24) is 24.4 Å². The van der Waals surface area contributed by atoms with Crippen molar-refractivity contribution in [3.8, 4) is 0 Å². The number of anilines is 1. The Morgan fingerprint density at radius 1 is 1.03 bits per heavy atom. The number of nitrogens with one attached hydrogen (secondary N) is 1. The third-order valence-electron chi connectivity index (χ3n) is 5.75. The monoisotopic (exact) mass is 428 g/mol. The zero-order valence-corrected chi connectivity index (χ0v) is 17.6. The molecule has 0 aliphatic carbocycles. The van der Waals surface area contributed by atoms with E-state index in [-0.39, 0.29) is 18.2 Å². The molecule has 0 saturated heterocycles. The van der Waals surface area contributed by atoms with Crippen LogP contribution < -0.4 is 10.2 Å². The number of carbonyl (C=O) groups is 2. The second-order valence-corrected chi connectivity index (χ2v) is 7.90. The van der Waals surface area contributed by atoms with Crippen LogP contribution in [0, 0.1) is 0 Å². The first-order valence-electron chi connectivity index (χ1n) is 10.8. The molecule has 1 N–H and O–H groups in total. The van der Waals surface area contributed by atoms with Crippen molar-refractivity contribution in [1.29, 1.82) is 0 Å². The standard InChI is InChI=1S/C24H24N6O2/c31-22(26-16-18-7-2-1-3-8-18)15-21-23(32)29(13-6-12-28-14-11-25-17-28)24-27-19-9-4-5-10-20(19)30(21)24/h1-5,7-11,14,17,21H,6,12-13,15-16H2,(H,26,31)/t21-/m0/s1. The third-order valence-corrected chi connectivity index (χ3v) is 5.75. The molecule has 1 aliphatic heterocycles. The van der Waals surface area contributed by atoms with E-state index in [1.807, 2.05) is 69.9 Å². The lowest BCUT2D eigenvalue weighted by molar-refractivity contribution is -0.127. The van der Waals surface area contributed by atoms with Gasteiger partial charge in [-0.1, -0.05) is 42.5 Å². The predicted octanol–water partition coefficient (Wildman–Crippen LogP) is 2.92. The van der Waals surface area contributed by atoms with Gasteiger partial charge in [-0.25, -0.2) is 9.97 Å². The number of aryl methyl sites for hydroxylation is 1. The number of carbonyl (C=O) groups excluding carboxylic acids is 2. The van der Waals surface area contributed by atoms with Gasteiger partial charge in [-0.15, -0.1) is 0 Å². The molecule has 4 aromatic rings. The zero-order chi connectivity index (χ0) is 21.9. The van der Waals surface area contributed by atoms with E-state index in [0.717, 1.165) is 29.6 Å². The summed E-state index contributed by atoms with van der Waals surface area (Å²) in [6, 6.07) is 16.9. The lowest BCUT2D eigenvalue weighted by atomic mass is 10.1. The van der Waals surface area contributed by atoms with Crippen molar-refractivity contribution in [2.24, 2.45) is 0 Å². The molecule has 1 atom stereocenters. The molecule has 0 unspecified atom stereocenters. The second kappa shape index (κ2) is 8.66. The van der Waals surface area contributed by atoms with Crippen molar-refractivity contribution < 1.29 is 9.59 Å². The Labute approximate surface area is 185 Å². The van der Waals surface area contributed by atoms with E-state index in [1.165, 1.54) is 0 Å². The number of fused-ring (bicyclic) bond motifs is 3. The maximum absolute atomic E-state index is 13.3. The minimum Gasteiger partial charge on any atom is -0.352 e. The van der Waals surface area contributed by atoms with Crippen molar-refractivity contribution in [2.75, 3.05) is 11.4 Å². The van der Waals surface area contributed by atoms with E-state index in [2.05, 4.69) is 10.3 Å². The molecule has 0 saturated carbocycles. The summed E-state index contributed by atoms with van der Waals surface area (Å²) in [6.45, 7) is 1.72. The van der Waals surface area contributed by atoms with Gasteiger partial charge in [-0.3, -0.25) is 19.1 Å². The van der Waals surface area contributed by atoms with Crippen molar-refractivity contribution in [3.63, 3.8) is 0 Å². The van der Waals surface area contributed by atoms with Gasteiger partial charge >= 0.3 is 0 Å². The van der Waals surface area contributed by atoms with Gasteiger partial charge in [0.15, 0.2) is 0 Å². The SMILES string of the molecule is O=C(C[C@H]1C(=O)N(CCCn2ccnc2)c2nc3ccccc3n21)NCc1ccccc1. The number of amides is 2. The first kappa shape index (κ1) is 20.0. The van der Waals surface area contributed by atoms with Crippen LogP contribution in [0.3, 0.4) is 0 Å². The number of imidazole rings is 2. The number of aromatic nitrogens is 4. The fraction of sp³-hybridized carbons (Fsp3) is 0.250. The van der Waals surface area contributed by atoms with Gasteiger partial charge in [0.1, 0.15) is 6.04 Å². The molecular formula is C24H24N6O2. The summed E-state index contributed by atoms with van der Waals surface area (Å²) >= 11 is 0. The van der Waals surface area contributed by atoms with E-state index >= 15 is 0 Å². The molecule has 8 heteroatoms. The molecule has 8 nitrogen and oxygen atoms in total. The molecule has 0 radical (unpaired) electrons. The van der Waals surface area contributed by atoms with Crippen LogP contribution >= 0.6 is 0 Å². The quantitative estimate of drug-likeness (QED) is 0.468. The highest BCUT2D eigenvalue weighted by atomic mass is 16.2. The largest absolute Gasteiger partial charge is 0.352 e. The Morgan fingerprint density at radius 3 is 2.66 bits per heavy atom. The molecule has 5 rings (SSSR count). The van der Waals surface area contributed by atoms with E-state index in [4.69, 9.17) is 4.98 Å². The van der Waals surface area contributed by atoms with Gasteiger partial charge in [-0.2, -0.15) is 0 Å². The molecule has 2 aromatic carbocycles. The summed E-state index contributed by atoms with van der Waals surface area (Å²) in [6.07, 6.45) is 6.25. The fourth-order valence-electron chi connectivity index (χ4n) is 4.18. The summed E-state index contributed by atoms with van der Waals surface area (Å²) in [5.74, 6) is 0.373. The van der Waals surface area contributed by atoms with Gasteiger partial charge in [0, 0.05) is 32.0 Å². The van der Waals surface area contributed by atoms with Gasteiger partial charge in [0.2, 0.25) is 11.9 Å².